The van der Waals surface area contributed by atoms with Crippen molar-refractivity contribution in [2.75, 3.05) is 0 Å². The summed E-state index contributed by atoms with van der Waals surface area (Å²) in [6, 6.07) is 59.0. The molecule has 8 aromatic carbocycles. The van der Waals surface area contributed by atoms with Crippen molar-refractivity contribution in [2.24, 2.45) is 0 Å². The van der Waals surface area contributed by atoms with Crippen molar-refractivity contribution < 1.29 is 22.0 Å². The molecule has 0 aliphatic heterocycles. The molecule has 0 amide bonds. The van der Waals surface area contributed by atoms with Gasteiger partial charge in [-0.25, -0.2) is 22.0 Å². The highest BCUT2D eigenvalue weighted by Crippen LogP contribution is 2.44. The SMILES string of the molecule is N#Cc1cc(-n2c3ccccc3c3cc(-c4ccc(-c5ccccc5)nc4)ccc32)c(-c2c(F)c(F)c(F)c(F)c2F)cc1-n1c2ccccc2c2cc(-c3ccc(-c4ccccc4)nc3)ccc21. The lowest BCUT2D eigenvalue weighted by atomic mass is 9.97. The Morgan fingerprint density at radius 3 is 1.25 bits per heavy atom. The number of para-hydroxylation sites is 2. The Labute approximate surface area is 390 Å². The van der Waals surface area contributed by atoms with Gasteiger partial charge in [0.05, 0.1) is 56.0 Å². The summed E-state index contributed by atoms with van der Waals surface area (Å²) >= 11 is 0. The van der Waals surface area contributed by atoms with Gasteiger partial charge in [0, 0.05) is 61.8 Å². The van der Waals surface area contributed by atoms with E-state index in [4.69, 9.17) is 9.97 Å². The minimum atomic E-state index is -2.28. The smallest absolute Gasteiger partial charge is 0.200 e. The molecular weight excluding hydrogens is 874 g/mol. The van der Waals surface area contributed by atoms with Crippen molar-refractivity contribution in [3.8, 4) is 73.3 Å². The summed E-state index contributed by atoms with van der Waals surface area (Å²) in [4.78, 5) is 9.45. The zero-order chi connectivity index (χ0) is 46.9. The standard InChI is InChI=1S/C59H32F5N5/c60-55-54(56(61)58(63)59(64)57(55)62)45-30-52(68-48-17-9-7-15-41(48)43-27-36(21-25-50(43)68)38-19-23-46(66-32-38)34-11-3-1-4-12-34)40(31-65)29-53(45)69-49-18-10-8-16-42(49)44-28-37(22-26-51(44)69)39-20-24-47(67-33-39)35-13-5-2-6-14-35/h1-30,32-33H. The summed E-state index contributed by atoms with van der Waals surface area (Å²) in [6.45, 7) is 0. The summed E-state index contributed by atoms with van der Waals surface area (Å²) in [5, 5.41) is 14.1. The topological polar surface area (TPSA) is 59.4 Å². The average molecular weight is 906 g/mol. The van der Waals surface area contributed by atoms with Crippen molar-refractivity contribution in [1.29, 1.82) is 5.26 Å². The first-order valence-corrected chi connectivity index (χ1v) is 22.0. The second-order valence-electron chi connectivity index (χ2n) is 16.7. The molecule has 5 nitrogen and oxygen atoms in total. The van der Waals surface area contributed by atoms with Crippen LogP contribution in [0.4, 0.5) is 22.0 Å². The molecule has 0 atom stereocenters. The number of hydrogen-bond donors (Lipinski definition) is 0. The van der Waals surface area contributed by atoms with E-state index >= 15 is 17.6 Å². The monoisotopic (exact) mass is 905 g/mol. The van der Waals surface area contributed by atoms with Crippen LogP contribution in [0.2, 0.25) is 0 Å². The second kappa shape index (κ2) is 16.3. The molecule has 0 saturated heterocycles. The third-order valence-corrected chi connectivity index (χ3v) is 12.9. The Kier molecular flexibility index (Phi) is 9.74. The van der Waals surface area contributed by atoms with Crippen LogP contribution in [-0.4, -0.2) is 19.1 Å². The Morgan fingerprint density at radius 1 is 0.362 bits per heavy atom. The first-order valence-electron chi connectivity index (χ1n) is 22.0. The number of pyridine rings is 2. The van der Waals surface area contributed by atoms with Gasteiger partial charge in [-0.1, -0.05) is 121 Å². The molecule has 328 valence electrons. The number of hydrogen-bond acceptors (Lipinski definition) is 3. The molecule has 0 aliphatic rings. The number of rotatable bonds is 7. The highest BCUT2D eigenvalue weighted by atomic mass is 19.2. The molecule has 0 spiro atoms. The number of nitrogens with zero attached hydrogens (tertiary/aromatic N) is 5. The van der Waals surface area contributed by atoms with Gasteiger partial charge in [-0.2, -0.15) is 5.26 Å². The van der Waals surface area contributed by atoms with E-state index in [-0.39, 0.29) is 22.5 Å². The van der Waals surface area contributed by atoms with Crippen molar-refractivity contribution in [3.63, 3.8) is 0 Å². The van der Waals surface area contributed by atoms with Crippen LogP contribution in [0.1, 0.15) is 5.56 Å². The predicted molar refractivity (Wildman–Crippen MR) is 262 cm³/mol. The first-order chi connectivity index (χ1) is 33.8. The van der Waals surface area contributed by atoms with E-state index in [0.29, 0.717) is 22.1 Å². The molecule has 0 unspecified atom stereocenters. The molecule has 4 aromatic heterocycles. The Morgan fingerprint density at radius 2 is 0.783 bits per heavy atom. The average Bonchev–Trinajstić information content (AvgIpc) is 3.92. The van der Waals surface area contributed by atoms with Gasteiger partial charge in [0.25, 0.3) is 0 Å². The van der Waals surface area contributed by atoms with Crippen LogP contribution in [0.3, 0.4) is 0 Å². The van der Waals surface area contributed by atoms with E-state index in [9.17, 15) is 9.65 Å². The third-order valence-electron chi connectivity index (χ3n) is 12.9. The van der Waals surface area contributed by atoms with Gasteiger partial charge in [0.15, 0.2) is 23.3 Å². The minimum Gasteiger partial charge on any atom is -0.309 e. The lowest BCUT2D eigenvalue weighted by Gasteiger charge is -2.20. The van der Waals surface area contributed by atoms with Crippen LogP contribution in [0, 0.1) is 40.4 Å². The van der Waals surface area contributed by atoms with Crippen molar-refractivity contribution in [1.82, 2.24) is 19.1 Å². The lowest BCUT2D eigenvalue weighted by molar-refractivity contribution is 0.381. The van der Waals surface area contributed by atoms with E-state index in [2.05, 4.69) is 6.07 Å². The maximum Gasteiger partial charge on any atom is 0.200 e. The Hall–Kier alpha value is -9.20. The van der Waals surface area contributed by atoms with Crippen molar-refractivity contribution in [3.05, 3.63) is 229 Å². The normalized spacial score (nSPS) is 11.5. The zero-order valence-electron chi connectivity index (χ0n) is 36.1. The van der Waals surface area contributed by atoms with Crippen LogP contribution in [0.15, 0.2) is 194 Å². The fourth-order valence-corrected chi connectivity index (χ4v) is 9.59. The van der Waals surface area contributed by atoms with Gasteiger partial charge in [0.1, 0.15) is 6.07 Å². The number of fused-ring (bicyclic) bond motifs is 6. The summed E-state index contributed by atoms with van der Waals surface area (Å²) in [5.41, 5.74) is 8.22. The Bertz CT molecular complexity index is 4030. The largest absolute Gasteiger partial charge is 0.309 e. The summed E-state index contributed by atoms with van der Waals surface area (Å²) in [5.74, 6) is -10.5. The van der Waals surface area contributed by atoms with Gasteiger partial charge >= 0.3 is 0 Å². The van der Waals surface area contributed by atoms with E-state index in [1.807, 2.05) is 170 Å². The van der Waals surface area contributed by atoms with E-state index in [1.54, 1.807) is 21.4 Å². The second-order valence-corrected chi connectivity index (χ2v) is 16.7. The van der Waals surface area contributed by atoms with Crippen LogP contribution >= 0.6 is 0 Å². The molecule has 0 N–H and O–H groups in total. The Balaban J connectivity index is 1.08. The molecular formula is C59H32F5N5. The number of nitriles is 1. The number of aromatic nitrogens is 4. The highest BCUT2D eigenvalue weighted by molar-refractivity contribution is 6.12. The molecule has 0 saturated carbocycles. The van der Waals surface area contributed by atoms with E-state index in [0.717, 1.165) is 66.3 Å². The maximum absolute atomic E-state index is 16.4. The third kappa shape index (κ3) is 6.66. The summed E-state index contributed by atoms with van der Waals surface area (Å²) in [6.07, 6.45) is 3.60. The molecule has 4 heterocycles. The first kappa shape index (κ1) is 41.2. The summed E-state index contributed by atoms with van der Waals surface area (Å²) < 4.78 is 81.9. The van der Waals surface area contributed by atoms with Crippen LogP contribution < -0.4 is 0 Å². The molecule has 0 radical (unpaired) electrons. The maximum atomic E-state index is 16.4. The van der Waals surface area contributed by atoms with Crippen molar-refractivity contribution >= 4 is 43.6 Å². The van der Waals surface area contributed by atoms with Gasteiger partial charge in [-0.15, -0.1) is 0 Å². The van der Waals surface area contributed by atoms with Crippen LogP contribution in [0.5, 0.6) is 0 Å². The quantitative estimate of drug-likeness (QED) is 0.0909. The molecule has 12 rings (SSSR count). The molecule has 0 aliphatic carbocycles. The van der Waals surface area contributed by atoms with Gasteiger partial charge < -0.3 is 9.13 Å². The molecule has 10 heteroatoms. The lowest BCUT2D eigenvalue weighted by Crippen LogP contribution is -2.08. The van der Waals surface area contributed by atoms with Crippen LogP contribution in [0.25, 0.3) is 111 Å². The number of benzene rings is 8. The zero-order valence-corrected chi connectivity index (χ0v) is 36.1. The van der Waals surface area contributed by atoms with E-state index < -0.39 is 34.6 Å². The number of halogens is 5. The highest BCUT2D eigenvalue weighted by Gasteiger charge is 2.31. The molecule has 69 heavy (non-hydrogen) atoms. The fraction of sp³-hybridized carbons (Fsp3) is 0. The minimum absolute atomic E-state index is 0.0286. The van der Waals surface area contributed by atoms with Crippen molar-refractivity contribution in [2.45, 2.75) is 0 Å². The molecule has 12 aromatic rings. The van der Waals surface area contributed by atoms with Crippen LogP contribution in [-0.2, 0) is 0 Å². The molecule has 0 bridgehead atoms. The molecule has 0 fully saturated rings. The predicted octanol–water partition coefficient (Wildman–Crippen LogP) is 15.6. The van der Waals surface area contributed by atoms with Gasteiger partial charge in [0.2, 0.25) is 5.82 Å². The van der Waals surface area contributed by atoms with Gasteiger partial charge in [-0.05, 0) is 71.8 Å². The fourth-order valence-electron chi connectivity index (χ4n) is 9.59. The van der Waals surface area contributed by atoms with Gasteiger partial charge in [-0.3, -0.25) is 9.97 Å². The summed E-state index contributed by atoms with van der Waals surface area (Å²) in [7, 11) is 0. The van der Waals surface area contributed by atoms with E-state index in [1.165, 1.54) is 12.1 Å².